The quantitative estimate of drug-likeness (QED) is 0.491. The predicted octanol–water partition coefficient (Wildman–Crippen LogP) is -0.510. The standard InChI is InChI=1S/C8H12N2O4/c1-3-14-6(11)4-5-7(12)9-8(13)10(5)2/h5H,3-4H2,1-2H3,(H,9,12,13). The summed E-state index contributed by atoms with van der Waals surface area (Å²) in [6, 6.07) is -1.22. The van der Waals surface area contributed by atoms with Gasteiger partial charge in [-0.05, 0) is 6.92 Å². The number of hydrogen-bond acceptors (Lipinski definition) is 4. The number of urea groups is 1. The molecule has 1 fully saturated rings. The summed E-state index contributed by atoms with van der Waals surface area (Å²) in [5.74, 6) is -0.931. The average molecular weight is 200 g/mol. The molecule has 6 nitrogen and oxygen atoms in total. The number of amides is 3. The fourth-order valence-corrected chi connectivity index (χ4v) is 1.20. The van der Waals surface area contributed by atoms with Crippen LogP contribution in [-0.4, -0.2) is 42.5 Å². The van der Waals surface area contributed by atoms with Crippen molar-refractivity contribution in [3.8, 4) is 0 Å². The van der Waals surface area contributed by atoms with Crippen LogP contribution in [0.3, 0.4) is 0 Å². The molecule has 1 rings (SSSR count). The van der Waals surface area contributed by atoms with Crippen molar-refractivity contribution in [2.24, 2.45) is 0 Å². The number of ether oxygens (including phenoxy) is 1. The minimum absolute atomic E-state index is 0.0953. The summed E-state index contributed by atoms with van der Waals surface area (Å²) in [6.07, 6.45) is -0.0953. The molecule has 6 heteroatoms. The minimum atomic E-state index is -0.735. The average Bonchev–Trinajstić information content (AvgIpc) is 2.33. The fourth-order valence-electron chi connectivity index (χ4n) is 1.20. The van der Waals surface area contributed by atoms with E-state index in [0.717, 1.165) is 0 Å². The second-order valence-electron chi connectivity index (χ2n) is 2.93. The van der Waals surface area contributed by atoms with Gasteiger partial charge in [0.1, 0.15) is 6.04 Å². The van der Waals surface area contributed by atoms with Crippen molar-refractivity contribution in [1.29, 1.82) is 0 Å². The topological polar surface area (TPSA) is 75.7 Å². The maximum absolute atomic E-state index is 11.2. The summed E-state index contributed by atoms with van der Waals surface area (Å²) >= 11 is 0. The fraction of sp³-hybridized carbons (Fsp3) is 0.625. The van der Waals surface area contributed by atoms with Gasteiger partial charge in [-0.25, -0.2) is 4.79 Å². The lowest BCUT2D eigenvalue weighted by Gasteiger charge is -2.14. The van der Waals surface area contributed by atoms with Crippen molar-refractivity contribution in [3.63, 3.8) is 0 Å². The van der Waals surface area contributed by atoms with E-state index in [1.165, 1.54) is 11.9 Å². The van der Waals surface area contributed by atoms with Crippen LogP contribution in [-0.2, 0) is 14.3 Å². The Hall–Kier alpha value is -1.59. The van der Waals surface area contributed by atoms with Crippen molar-refractivity contribution in [1.82, 2.24) is 10.2 Å². The zero-order chi connectivity index (χ0) is 10.7. The normalized spacial score (nSPS) is 21.0. The third-order valence-electron chi connectivity index (χ3n) is 1.99. The molecule has 1 saturated heterocycles. The van der Waals surface area contributed by atoms with Gasteiger partial charge < -0.3 is 9.64 Å². The SMILES string of the molecule is CCOC(=O)CC1C(=O)NC(=O)N1C. The van der Waals surface area contributed by atoms with Crippen molar-refractivity contribution in [3.05, 3.63) is 0 Å². The third-order valence-corrected chi connectivity index (χ3v) is 1.99. The first-order valence-electron chi connectivity index (χ1n) is 4.29. The van der Waals surface area contributed by atoms with Gasteiger partial charge in [-0.2, -0.15) is 0 Å². The van der Waals surface area contributed by atoms with Gasteiger partial charge in [0.2, 0.25) is 0 Å². The summed E-state index contributed by atoms with van der Waals surface area (Å²) < 4.78 is 4.68. The minimum Gasteiger partial charge on any atom is -0.466 e. The Labute approximate surface area is 81.2 Å². The molecular weight excluding hydrogens is 188 g/mol. The highest BCUT2D eigenvalue weighted by Gasteiger charge is 2.37. The van der Waals surface area contributed by atoms with Crippen molar-refractivity contribution in [2.75, 3.05) is 13.7 Å². The molecule has 1 unspecified atom stereocenters. The van der Waals surface area contributed by atoms with Crippen LogP contribution in [0.5, 0.6) is 0 Å². The maximum Gasteiger partial charge on any atom is 0.324 e. The lowest BCUT2D eigenvalue weighted by molar-refractivity contribution is -0.145. The molecule has 0 aromatic carbocycles. The maximum atomic E-state index is 11.2. The van der Waals surface area contributed by atoms with Crippen molar-refractivity contribution < 1.29 is 19.1 Å². The van der Waals surface area contributed by atoms with Gasteiger partial charge in [-0.15, -0.1) is 0 Å². The molecule has 1 heterocycles. The smallest absolute Gasteiger partial charge is 0.324 e. The van der Waals surface area contributed by atoms with Crippen LogP contribution in [0.15, 0.2) is 0 Å². The summed E-state index contributed by atoms with van der Waals surface area (Å²) in [4.78, 5) is 34.4. The van der Waals surface area contributed by atoms with Gasteiger partial charge in [-0.3, -0.25) is 14.9 Å². The first-order valence-corrected chi connectivity index (χ1v) is 4.29. The largest absolute Gasteiger partial charge is 0.466 e. The summed E-state index contributed by atoms with van der Waals surface area (Å²) in [7, 11) is 1.46. The summed E-state index contributed by atoms with van der Waals surface area (Å²) in [5.41, 5.74) is 0. The van der Waals surface area contributed by atoms with Gasteiger partial charge in [0.05, 0.1) is 13.0 Å². The van der Waals surface area contributed by atoms with Crippen LogP contribution < -0.4 is 5.32 Å². The molecule has 1 atom stereocenters. The second kappa shape index (κ2) is 4.08. The molecular formula is C8H12N2O4. The highest BCUT2D eigenvalue weighted by molar-refractivity contribution is 6.05. The summed E-state index contributed by atoms with van der Waals surface area (Å²) in [6.45, 7) is 1.95. The van der Waals surface area contributed by atoms with Crippen LogP contribution in [0.25, 0.3) is 0 Å². The number of rotatable bonds is 3. The van der Waals surface area contributed by atoms with E-state index in [4.69, 9.17) is 0 Å². The molecule has 1 aliphatic heterocycles. The van der Waals surface area contributed by atoms with E-state index >= 15 is 0 Å². The molecule has 1 N–H and O–H groups in total. The Kier molecular flexibility index (Phi) is 3.06. The van der Waals surface area contributed by atoms with E-state index in [1.54, 1.807) is 6.92 Å². The number of nitrogens with one attached hydrogen (secondary N) is 1. The molecule has 1 aliphatic rings. The first-order chi connectivity index (χ1) is 6.56. The molecule has 0 bridgehead atoms. The number of esters is 1. The van der Waals surface area contributed by atoms with E-state index in [1.807, 2.05) is 0 Å². The predicted molar refractivity (Wildman–Crippen MR) is 46.3 cm³/mol. The number of nitrogens with zero attached hydrogens (tertiary/aromatic N) is 1. The van der Waals surface area contributed by atoms with Crippen LogP contribution in [0.2, 0.25) is 0 Å². The molecule has 3 amide bonds. The molecule has 14 heavy (non-hydrogen) atoms. The summed E-state index contributed by atoms with van der Waals surface area (Å²) in [5, 5.41) is 2.10. The number of likely N-dealkylation sites (N-methyl/N-ethyl adjacent to an activating group) is 1. The first kappa shape index (κ1) is 10.5. The molecule has 0 saturated carbocycles. The van der Waals surface area contributed by atoms with Gasteiger partial charge in [0.15, 0.2) is 0 Å². The molecule has 78 valence electrons. The third kappa shape index (κ3) is 2.01. The van der Waals surface area contributed by atoms with Gasteiger partial charge >= 0.3 is 12.0 Å². The van der Waals surface area contributed by atoms with Crippen LogP contribution in [0, 0.1) is 0 Å². The van der Waals surface area contributed by atoms with E-state index in [2.05, 4.69) is 10.1 Å². The van der Waals surface area contributed by atoms with Gasteiger partial charge in [0.25, 0.3) is 5.91 Å². The number of hydrogen-bond donors (Lipinski definition) is 1. The Balaban J connectivity index is 2.56. The zero-order valence-corrected chi connectivity index (χ0v) is 8.07. The number of carbonyl (C=O) groups is 3. The number of carbonyl (C=O) groups excluding carboxylic acids is 3. The van der Waals surface area contributed by atoms with E-state index in [-0.39, 0.29) is 13.0 Å². The Morgan fingerprint density at radius 2 is 2.21 bits per heavy atom. The zero-order valence-electron chi connectivity index (χ0n) is 8.07. The molecule has 0 radical (unpaired) electrons. The van der Waals surface area contributed by atoms with Crippen molar-refractivity contribution in [2.45, 2.75) is 19.4 Å². The number of imide groups is 1. The molecule has 0 aliphatic carbocycles. The van der Waals surface area contributed by atoms with Crippen LogP contribution >= 0.6 is 0 Å². The van der Waals surface area contributed by atoms with E-state index < -0.39 is 23.9 Å². The van der Waals surface area contributed by atoms with Crippen LogP contribution in [0.1, 0.15) is 13.3 Å². The molecule has 0 aromatic rings. The monoisotopic (exact) mass is 200 g/mol. The lowest BCUT2D eigenvalue weighted by Crippen LogP contribution is -2.33. The van der Waals surface area contributed by atoms with E-state index in [9.17, 15) is 14.4 Å². The Morgan fingerprint density at radius 3 is 2.64 bits per heavy atom. The van der Waals surface area contributed by atoms with Gasteiger partial charge in [-0.1, -0.05) is 0 Å². The Morgan fingerprint density at radius 1 is 1.57 bits per heavy atom. The molecule has 0 aromatic heterocycles. The van der Waals surface area contributed by atoms with Crippen molar-refractivity contribution >= 4 is 17.9 Å². The molecule has 0 spiro atoms. The Bertz CT molecular complexity index is 277. The lowest BCUT2D eigenvalue weighted by atomic mass is 10.2. The van der Waals surface area contributed by atoms with Crippen LogP contribution in [0.4, 0.5) is 4.79 Å². The second-order valence-corrected chi connectivity index (χ2v) is 2.93. The highest BCUT2D eigenvalue weighted by atomic mass is 16.5. The highest BCUT2D eigenvalue weighted by Crippen LogP contribution is 2.10. The van der Waals surface area contributed by atoms with Gasteiger partial charge in [0, 0.05) is 7.05 Å². The van der Waals surface area contributed by atoms with E-state index in [0.29, 0.717) is 0 Å².